The number of hydrogen-bond acceptors (Lipinski definition) is 4. The summed E-state index contributed by atoms with van der Waals surface area (Å²) in [4.78, 5) is 15.2. The Morgan fingerprint density at radius 1 is 0.480 bits per heavy atom. The van der Waals surface area contributed by atoms with E-state index < -0.39 is 0 Å². The lowest BCUT2D eigenvalue weighted by Gasteiger charge is -2.11. The Bertz CT molecular complexity index is 2810. The second-order valence-corrected chi connectivity index (χ2v) is 13.7. The van der Waals surface area contributed by atoms with E-state index in [9.17, 15) is 0 Å². The Morgan fingerprint density at radius 2 is 1.14 bits per heavy atom. The Balaban J connectivity index is 1.17. The molecule has 0 radical (unpaired) electrons. The van der Waals surface area contributed by atoms with Crippen molar-refractivity contribution in [3.8, 4) is 39.6 Å². The highest BCUT2D eigenvalue weighted by Crippen LogP contribution is 2.44. The molecule has 0 atom stereocenters. The first-order chi connectivity index (χ1) is 24.8. The molecule has 1 aliphatic carbocycles. The number of hydrogen-bond donors (Lipinski definition) is 0. The van der Waals surface area contributed by atoms with Crippen molar-refractivity contribution in [2.24, 2.45) is 0 Å². The van der Waals surface area contributed by atoms with Crippen LogP contribution >= 0.6 is 11.3 Å². The van der Waals surface area contributed by atoms with Crippen LogP contribution in [0.25, 0.3) is 87.1 Å². The van der Waals surface area contributed by atoms with E-state index in [1.54, 1.807) is 0 Å². The maximum absolute atomic E-state index is 5.11. The molecule has 0 spiro atoms. The molecular formula is C45H30N4S. The smallest absolute Gasteiger partial charge is 0.165 e. The minimum Gasteiger partial charge on any atom is -0.309 e. The molecule has 0 saturated carbocycles. The molecule has 50 heavy (non-hydrogen) atoms. The third-order valence-electron chi connectivity index (χ3n) is 9.68. The van der Waals surface area contributed by atoms with Crippen LogP contribution in [0.15, 0.2) is 158 Å². The molecule has 6 aromatic carbocycles. The highest BCUT2D eigenvalue weighted by molar-refractivity contribution is 7.26. The minimum atomic E-state index is 0.687. The zero-order valence-corrected chi connectivity index (χ0v) is 27.9. The van der Waals surface area contributed by atoms with Crippen molar-refractivity contribution in [1.82, 2.24) is 19.5 Å². The molecule has 9 aromatic rings. The van der Waals surface area contributed by atoms with Gasteiger partial charge in [-0.3, -0.25) is 0 Å². The number of para-hydroxylation sites is 2. The van der Waals surface area contributed by atoms with Gasteiger partial charge >= 0.3 is 0 Å². The van der Waals surface area contributed by atoms with Crippen molar-refractivity contribution in [3.63, 3.8) is 0 Å². The zero-order valence-electron chi connectivity index (χ0n) is 27.1. The molecule has 0 fully saturated rings. The lowest BCUT2D eigenvalue weighted by Crippen LogP contribution is -2.03. The van der Waals surface area contributed by atoms with Gasteiger partial charge in [0.2, 0.25) is 0 Å². The van der Waals surface area contributed by atoms with Crippen molar-refractivity contribution in [1.29, 1.82) is 0 Å². The zero-order chi connectivity index (χ0) is 33.0. The topological polar surface area (TPSA) is 43.6 Å². The van der Waals surface area contributed by atoms with Gasteiger partial charge in [0.05, 0.1) is 11.0 Å². The molecule has 3 heterocycles. The second kappa shape index (κ2) is 11.8. The monoisotopic (exact) mass is 658 g/mol. The van der Waals surface area contributed by atoms with Crippen LogP contribution in [0.5, 0.6) is 0 Å². The summed E-state index contributed by atoms with van der Waals surface area (Å²) in [5, 5.41) is 4.96. The molecule has 10 rings (SSSR count). The Hall–Kier alpha value is -6.17. The van der Waals surface area contributed by atoms with Crippen LogP contribution in [0.4, 0.5) is 0 Å². The normalized spacial score (nSPS) is 13.1. The van der Waals surface area contributed by atoms with E-state index in [4.69, 9.17) is 15.0 Å². The Morgan fingerprint density at radius 3 is 1.94 bits per heavy atom. The first-order valence-corrected chi connectivity index (χ1v) is 17.8. The van der Waals surface area contributed by atoms with Crippen LogP contribution in [0.2, 0.25) is 0 Å². The van der Waals surface area contributed by atoms with E-state index in [0.717, 1.165) is 29.5 Å². The molecular weight excluding hydrogens is 629 g/mol. The average Bonchev–Trinajstić information content (AvgIpc) is 3.74. The van der Waals surface area contributed by atoms with Gasteiger partial charge in [-0.15, -0.1) is 11.3 Å². The summed E-state index contributed by atoms with van der Waals surface area (Å²) in [6.45, 7) is 0. The first-order valence-electron chi connectivity index (χ1n) is 17.0. The van der Waals surface area contributed by atoms with Gasteiger partial charge in [0.15, 0.2) is 17.5 Å². The van der Waals surface area contributed by atoms with Gasteiger partial charge in [-0.1, -0.05) is 121 Å². The summed E-state index contributed by atoms with van der Waals surface area (Å²) in [6.07, 6.45) is 8.59. The summed E-state index contributed by atoms with van der Waals surface area (Å²) in [7, 11) is 0. The molecule has 5 heteroatoms. The van der Waals surface area contributed by atoms with E-state index in [1.807, 2.05) is 29.5 Å². The predicted molar refractivity (Wildman–Crippen MR) is 210 cm³/mol. The van der Waals surface area contributed by atoms with Crippen molar-refractivity contribution in [2.75, 3.05) is 0 Å². The lowest BCUT2D eigenvalue weighted by molar-refractivity contribution is 1.01. The third kappa shape index (κ3) is 4.70. The first kappa shape index (κ1) is 28.8. The Labute approximate surface area is 293 Å². The fraction of sp³-hybridized carbons (Fsp3) is 0.0444. The molecule has 4 nitrogen and oxygen atoms in total. The summed E-state index contributed by atoms with van der Waals surface area (Å²) in [6, 6.07) is 49.7. The average molecular weight is 659 g/mol. The number of aromatic nitrogens is 4. The molecule has 0 amide bonds. The number of allylic oxidation sites excluding steroid dienone is 4. The maximum Gasteiger partial charge on any atom is 0.165 e. The fourth-order valence-electron chi connectivity index (χ4n) is 7.34. The number of nitrogens with zero attached hydrogens (tertiary/aromatic N) is 4. The van der Waals surface area contributed by atoms with Gasteiger partial charge in [-0.25, -0.2) is 15.0 Å². The number of rotatable bonds is 5. The SMILES string of the molecule is C1=CC(c2nc(-c3ccccc3)nc(-c3cccc4c3sc3c(-c5ccc6c(c5)c5ccccc5n6-c5ccccc5)cccc34)n2)=CCC1. The van der Waals surface area contributed by atoms with Gasteiger partial charge in [0.25, 0.3) is 0 Å². The highest BCUT2D eigenvalue weighted by Gasteiger charge is 2.19. The van der Waals surface area contributed by atoms with Gasteiger partial charge in [-0.2, -0.15) is 0 Å². The van der Waals surface area contributed by atoms with Gasteiger partial charge in [0, 0.05) is 53.3 Å². The molecule has 0 bridgehead atoms. The summed E-state index contributed by atoms with van der Waals surface area (Å²) in [5.74, 6) is 2.10. The fourth-order valence-corrected chi connectivity index (χ4v) is 8.69. The van der Waals surface area contributed by atoms with Crippen molar-refractivity contribution in [2.45, 2.75) is 12.8 Å². The van der Waals surface area contributed by atoms with Crippen LogP contribution in [0.3, 0.4) is 0 Å². The summed E-state index contributed by atoms with van der Waals surface area (Å²) >= 11 is 1.82. The van der Waals surface area contributed by atoms with E-state index in [1.165, 1.54) is 58.8 Å². The maximum atomic E-state index is 5.11. The van der Waals surface area contributed by atoms with E-state index >= 15 is 0 Å². The summed E-state index contributed by atoms with van der Waals surface area (Å²) < 4.78 is 4.81. The van der Waals surface area contributed by atoms with E-state index in [-0.39, 0.29) is 0 Å². The molecule has 236 valence electrons. The molecule has 0 aliphatic heterocycles. The van der Waals surface area contributed by atoms with Crippen LogP contribution in [-0.4, -0.2) is 19.5 Å². The quantitative estimate of drug-likeness (QED) is 0.185. The number of thiophene rings is 1. The largest absolute Gasteiger partial charge is 0.309 e. The predicted octanol–water partition coefficient (Wildman–Crippen LogP) is 12.1. The van der Waals surface area contributed by atoms with Crippen molar-refractivity contribution >= 4 is 58.9 Å². The number of fused-ring (bicyclic) bond motifs is 6. The van der Waals surface area contributed by atoms with Gasteiger partial charge in [-0.05, 0) is 60.4 Å². The number of benzene rings is 6. The van der Waals surface area contributed by atoms with Crippen LogP contribution < -0.4 is 0 Å². The lowest BCUT2D eigenvalue weighted by atomic mass is 10.00. The molecule has 0 N–H and O–H groups in total. The molecule has 0 unspecified atom stereocenters. The van der Waals surface area contributed by atoms with Crippen LogP contribution in [-0.2, 0) is 0 Å². The summed E-state index contributed by atoms with van der Waals surface area (Å²) in [5.41, 5.74) is 9.07. The van der Waals surface area contributed by atoms with Gasteiger partial charge in [0.1, 0.15) is 0 Å². The molecule has 0 saturated heterocycles. The molecule has 1 aliphatic rings. The van der Waals surface area contributed by atoms with Crippen LogP contribution in [0, 0.1) is 0 Å². The highest BCUT2D eigenvalue weighted by atomic mass is 32.1. The Kier molecular flexibility index (Phi) is 6.78. The van der Waals surface area contributed by atoms with E-state index in [0.29, 0.717) is 17.5 Å². The minimum absolute atomic E-state index is 0.687. The van der Waals surface area contributed by atoms with Gasteiger partial charge < -0.3 is 4.57 Å². The van der Waals surface area contributed by atoms with Crippen molar-refractivity contribution < 1.29 is 0 Å². The van der Waals surface area contributed by atoms with Crippen LogP contribution in [0.1, 0.15) is 18.7 Å². The molecule has 3 aromatic heterocycles. The third-order valence-corrected chi connectivity index (χ3v) is 11.0. The van der Waals surface area contributed by atoms with Crippen molar-refractivity contribution in [3.05, 3.63) is 164 Å². The second-order valence-electron chi connectivity index (χ2n) is 12.7. The standard InChI is InChI=1S/C45H30N4S/c1-4-14-29(15-5-1)43-46-44(30-16-6-2-7-17-30)48-45(47-43)37-24-13-23-36-35-22-12-21-33(41(35)50-42(36)37)31-26-27-40-38(28-31)34-20-10-11-25-39(34)49(40)32-18-8-3-9-19-32/h1,3-6,8-28H,2,7H2. The van der Waals surface area contributed by atoms with E-state index in [2.05, 4.69) is 144 Å².